The van der Waals surface area contributed by atoms with Crippen molar-refractivity contribution in [2.75, 3.05) is 0 Å². The molecule has 0 fully saturated rings. The molecule has 0 saturated carbocycles. The molecule has 2 aromatic heterocycles. The molecule has 3 nitrogen and oxygen atoms in total. The van der Waals surface area contributed by atoms with E-state index in [9.17, 15) is 0 Å². The molecule has 98 valence electrons. The minimum absolute atomic E-state index is 0.425. The molecule has 0 saturated heterocycles. The second kappa shape index (κ2) is 6.02. The van der Waals surface area contributed by atoms with E-state index in [1.165, 1.54) is 0 Å². The van der Waals surface area contributed by atoms with Gasteiger partial charge in [-0.05, 0) is 34.8 Å². The zero-order valence-corrected chi connectivity index (χ0v) is 13.0. The van der Waals surface area contributed by atoms with Crippen LogP contribution in [0.3, 0.4) is 0 Å². The maximum Gasteiger partial charge on any atom is 0.160 e. The topological polar surface area (TPSA) is 30.7 Å². The van der Waals surface area contributed by atoms with Crippen molar-refractivity contribution in [3.8, 4) is 0 Å². The summed E-state index contributed by atoms with van der Waals surface area (Å²) in [6, 6.07) is 2.43. The molecule has 0 amide bonds. The lowest BCUT2D eigenvalue weighted by Gasteiger charge is -2.18. The molecule has 0 aliphatic rings. The van der Waals surface area contributed by atoms with Gasteiger partial charge in [-0.15, -0.1) is 11.6 Å². The van der Waals surface area contributed by atoms with Crippen LogP contribution in [0.25, 0.3) is 11.2 Å². The normalized spacial score (nSPS) is 13.1. The standard InChI is InChI=1S/C13H17BrClN3/c1-3-5-10(4-2)18-12(7-15)17-11-6-9(14)8-16-13(11)18/h6,8,10H,3-5,7H2,1-2H3. The van der Waals surface area contributed by atoms with E-state index in [0.717, 1.165) is 40.7 Å². The highest BCUT2D eigenvalue weighted by atomic mass is 79.9. The number of halogens is 2. The van der Waals surface area contributed by atoms with Gasteiger partial charge in [0, 0.05) is 16.7 Å². The van der Waals surface area contributed by atoms with Crippen LogP contribution in [0, 0.1) is 0 Å². The number of hydrogen-bond donors (Lipinski definition) is 0. The highest BCUT2D eigenvalue weighted by molar-refractivity contribution is 9.10. The van der Waals surface area contributed by atoms with Gasteiger partial charge in [0.05, 0.1) is 5.88 Å². The number of rotatable bonds is 5. The van der Waals surface area contributed by atoms with Crippen LogP contribution in [-0.4, -0.2) is 14.5 Å². The Kier molecular flexibility index (Phi) is 4.62. The molecule has 1 unspecified atom stereocenters. The molecule has 0 radical (unpaired) electrons. The van der Waals surface area contributed by atoms with Crippen LogP contribution in [-0.2, 0) is 5.88 Å². The van der Waals surface area contributed by atoms with Gasteiger partial charge in [0.15, 0.2) is 5.65 Å². The van der Waals surface area contributed by atoms with Crippen molar-refractivity contribution >= 4 is 38.7 Å². The zero-order chi connectivity index (χ0) is 13.1. The molecular weight excluding hydrogens is 314 g/mol. The molecule has 0 bridgehead atoms. The van der Waals surface area contributed by atoms with Gasteiger partial charge in [0.25, 0.3) is 0 Å². The molecule has 0 aromatic carbocycles. The summed E-state index contributed by atoms with van der Waals surface area (Å²) in [5.41, 5.74) is 1.85. The van der Waals surface area contributed by atoms with Gasteiger partial charge < -0.3 is 4.57 Å². The van der Waals surface area contributed by atoms with Crippen molar-refractivity contribution in [1.82, 2.24) is 14.5 Å². The number of hydrogen-bond acceptors (Lipinski definition) is 2. The van der Waals surface area contributed by atoms with Gasteiger partial charge in [0.1, 0.15) is 11.3 Å². The van der Waals surface area contributed by atoms with E-state index >= 15 is 0 Å². The van der Waals surface area contributed by atoms with Crippen molar-refractivity contribution in [2.24, 2.45) is 0 Å². The highest BCUT2D eigenvalue weighted by Gasteiger charge is 2.17. The van der Waals surface area contributed by atoms with Gasteiger partial charge in [-0.1, -0.05) is 20.3 Å². The summed E-state index contributed by atoms with van der Waals surface area (Å²) in [6.45, 7) is 4.40. The molecule has 18 heavy (non-hydrogen) atoms. The van der Waals surface area contributed by atoms with Crippen molar-refractivity contribution in [3.63, 3.8) is 0 Å². The second-order valence-electron chi connectivity index (χ2n) is 4.38. The molecule has 0 spiro atoms. The van der Waals surface area contributed by atoms with Crippen LogP contribution < -0.4 is 0 Å². The van der Waals surface area contributed by atoms with E-state index in [1.807, 2.05) is 12.3 Å². The lowest BCUT2D eigenvalue weighted by Crippen LogP contribution is -2.11. The molecule has 2 aromatic rings. The van der Waals surface area contributed by atoms with Gasteiger partial charge in [0.2, 0.25) is 0 Å². The fourth-order valence-electron chi connectivity index (χ4n) is 2.33. The summed E-state index contributed by atoms with van der Waals surface area (Å²) in [6.07, 6.45) is 5.16. The Labute approximate surface area is 121 Å². The van der Waals surface area contributed by atoms with Crippen molar-refractivity contribution in [3.05, 3.63) is 22.6 Å². The first-order chi connectivity index (χ1) is 8.71. The van der Waals surface area contributed by atoms with E-state index in [-0.39, 0.29) is 0 Å². The number of alkyl halides is 1. The van der Waals surface area contributed by atoms with Crippen molar-refractivity contribution in [2.45, 2.75) is 45.0 Å². The SMILES string of the molecule is CCCC(CC)n1c(CCl)nc2cc(Br)cnc21. The average molecular weight is 331 g/mol. The lowest BCUT2D eigenvalue weighted by molar-refractivity contribution is 0.446. The van der Waals surface area contributed by atoms with Crippen molar-refractivity contribution < 1.29 is 0 Å². The summed E-state index contributed by atoms with van der Waals surface area (Å²) in [4.78, 5) is 9.08. The van der Waals surface area contributed by atoms with Crippen LogP contribution >= 0.6 is 27.5 Å². The second-order valence-corrected chi connectivity index (χ2v) is 5.56. The molecule has 2 rings (SSSR count). The summed E-state index contributed by atoms with van der Waals surface area (Å²) < 4.78 is 3.16. The van der Waals surface area contributed by atoms with E-state index in [2.05, 4.69) is 44.3 Å². The fourth-order valence-corrected chi connectivity index (χ4v) is 2.84. The van der Waals surface area contributed by atoms with Crippen molar-refractivity contribution in [1.29, 1.82) is 0 Å². The summed E-state index contributed by atoms with van der Waals surface area (Å²) in [5.74, 6) is 1.34. The number of fused-ring (bicyclic) bond motifs is 1. The number of aromatic nitrogens is 3. The van der Waals surface area contributed by atoms with Gasteiger partial charge in [-0.2, -0.15) is 0 Å². The lowest BCUT2D eigenvalue weighted by atomic mass is 10.1. The van der Waals surface area contributed by atoms with Gasteiger partial charge in [-0.25, -0.2) is 9.97 Å². The molecule has 0 aliphatic carbocycles. The first-order valence-corrected chi connectivity index (χ1v) is 7.62. The first kappa shape index (κ1) is 13.8. The Morgan fingerprint density at radius 2 is 2.22 bits per heavy atom. The van der Waals surface area contributed by atoms with Crippen LogP contribution in [0.2, 0.25) is 0 Å². The maximum atomic E-state index is 6.02. The quantitative estimate of drug-likeness (QED) is 0.745. The third kappa shape index (κ3) is 2.54. The van der Waals surface area contributed by atoms with E-state index in [0.29, 0.717) is 11.9 Å². The molecule has 2 heterocycles. The van der Waals surface area contributed by atoms with Crippen LogP contribution in [0.15, 0.2) is 16.7 Å². The predicted octanol–water partition coefficient (Wildman–Crippen LogP) is 4.68. The van der Waals surface area contributed by atoms with E-state index < -0.39 is 0 Å². The summed E-state index contributed by atoms with van der Waals surface area (Å²) in [5, 5.41) is 0. The van der Waals surface area contributed by atoms with Gasteiger partial charge in [-0.3, -0.25) is 0 Å². The van der Waals surface area contributed by atoms with E-state index in [4.69, 9.17) is 11.6 Å². The Morgan fingerprint density at radius 1 is 1.44 bits per heavy atom. The molecule has 5 heteroatoms. The van der Waals surface area contributed by atoms with E-state index in [1.54, 1.807) is 0 Å². The van der Waals surface area contributed by atoms with Crippen LogP contribution in [0.5, 0.6) is 0 Å². The van der Waals surface area contributed by atoms with Crippen LogP contribution in [0.1, 0.15) is 45.0 Å². The summed E-state index contributed by atoms with van der Waals surface area (Å²) in [7, 11) is 0. The monoisotopic (exact) mass is 329 g/mol. The maximum absolute atomic E-state index is 6.02. The minimum Gasteiger partial charge on any atom is -0.309 e. The number of nitrogens with zero attached hydrogens (tertiary/aromatic N) is 3. The molecule has 1 atom stereocenters. The third-order valence-electron chi connectivity index (χ3n) is 3.15. The largest absolute Gasteiger partial charge is 0.309 e. The third-order valence-corrected chi connectivity index (χ3v) is 3.82. The highest BCUT2D eigenvalue weighted by Crippen LogP contribution is 2.27. The fraction of sp³-hybridized carbons (Fsp3) is 0.538. The Balaban J connectivity index is 2.58. The average Bonchev–Trinajstić information content (AvgIpc) is 2.73. The first-order valence-electron chi connectivity index (χ1n) is 6.29. The summed E-state index contributed by atoms with van der Waals surface area (Å²) >= 11 is 9.45. The van der Waals surface area contributed by atoms with Gasteiger partial charge >= 0.3 is 0 Å². The molecular formula is C13H17BrClN3. The minimum atomic E-state index is 0.425. The smallest absolute Gasteiger partial charge is 0.160 e. The molecule has 0 N–H and O–H groups in total. The Bertz CT molecular complexity index is 538. The zero-order valence-electron chi connectivity index (χ0n) is 10.7. The number of pyridine rings is 1. The Morgan fingerprint density at radius 3 is 2.83 bits per heavy atom. The Hall–Kier alpha value is -0.610. The predicted molar refractivity (Wildman–Crippen MR) is 79.0 cm³/mol. The number of imidazole rings is 1. The van der Waals surface area contributed by atoms with Crippen LogP contribution in [0.4, 0.5) is 0 Å². The molecule has 0 aliphatic heterocycles.